The molecule has 0 aliphatic heterocycles. The quantitative estimate of drug-likeness (QED) is 0.820. The van der Waals surface area contributed by atoms with E-state index < -0.39 is 0 Å². The van der Waals surface area contributed by atoms with Crippen LogP contribution in [-0.2, 0) is 6.54 Å². The van der Waals surface area contributed by atoms with Crippen LogP contribution in [0.4, 0.5) is 5.69 Å². The first-order chi connectivity index (χ1) is 11.3. The van der Waals surface area contributed by atoms with Gasteiger partial charge in [-0.25, -0.2) is 0 Å². The number of para-hydroxylation sites is 1. The molecule has 122 valence electrons. The number of methoxy groups -OCH3 is 1. The molecule has 1 aliphatic rings. The number of aryl methyl sites for hydroxylation is 1. The Bertz CT molecular complexity index is 648. The van der Waals surface area contributed by atoms with Crippen LogP contribution >= 0.6 is 0 Å². The predicted octanol–water partition coefficient (Wildman–Crippen LogP) is 4.94. The second-order valence-electron chi connectivity index (χ2n) is 6.20. The number of hydrogen-bond donors (Lipinski definition) is 1. The van der Waals surface area contributed by atoms with Crippen molar-refractivity contribution >= 4 is 5.69 Å². The van der Waals surface area contributed by atoms with Crippen LogP contribution in [0.5, 0.6) is 11.5 Å². The van der Waals surface area contributed by atoms with Crippen molar-refractivity contribution in [2.24, 2.45) is 0 Å². The third-order valence-corrected chi connectivity index (χ3v) is 4.37. The molecule has 1 aliphatic carbocycles. The molecule has 3 rings (SSSR count). The monoisotopic (exact) mass is 311 g/mol. The van der Waals surface area contributed by atoms with Gasteiger partial charge in [-0.15, -0.1) is 0 Å². The van der Waals surface area contributed by atoms with Crippen LogP contribution in [-0.4, -0.2) is 13.2 Å². The van der Waals surface area contributed by atoms with E-state index in [-0.39, 0.29) is 0 Å². The SMILES string of the molecule is COc1cccc(CNc2cccc(C)c2)c1OC1CCCC1. The normalized spacial score (nSPS) is 14.7. The summed E-state index contributed by atoms with van der Waals surface area (Å²) in [4.78, 5) is 0. The van der Waals surface area contributed by atoms with E-state index in [0.717, 1.165) is 42.1 Å². The standard InChI is InChI=1S/C20H25NO2/c1-15-7-5-9-17(13-15)21-14-16-8-6-12-19(22-2)20(16)23-18-10-3-4-11-18/h5-9,12-13,18,21H,3-4,10-11,14H2,1-2H3. The van der Waals surface area contributed by atoms with Gasteiger partial charge in [-0.3, -0.25) is 0 Å². The summed E-state index contributed by atoms with van der Waals surface area (Å²) in [5, 5.41) is 3.48. The van der Waals surface area contributed by atoms with E-state index in [0.29, 0.717) is 6.10 Å². The Balaban J connectivity index is 1.77. The number of hydrogen-bond acceptors (Lipinski definition) is 3. The van der Waals surface area contributed by atoms with Gasteiger partial charge in [-0.05, 0) is 56.4 Å². The van der Waals surface area contributed by atoms with E-state index in [9.17, 15) is 0 Å². The van der Waals surface area contributed by atoms with Crippen molar-refractivity contribution < 1.29 is 9.47 Å². The fourth-order valence-electron chi connectivity index (χ4n) is 3.12. The molecule has 1 N–H and O–H groups in total. The van der Waals surface area contributed by atoms with Crippen LogP contribution in [0.3, 0.4) is 0 Å². The summed E-state index contributed by atoms with van der Waals surface area (Å²) in [6.45, 7) is 2.83. The average Bonchev–Trinajstić information content (AvgIpc) is 3.07. The molecule has 0 radical (unpaired) electrons. The summed E-state index contributed by atoms with van der Waals surface area (Å²) in [6.07, 6.45) is 5.13. The van der Waals surface area contributed by atoms with Gasteiger partial charge in [0.25, 0.3) is 0 Å². The summed E-state index contributed by atoms with van der Waals surface area (Å²) in [5.41, 5.74) is 3.51. The van der Waals surface area contributed by atoms with Crippen LogP contribution in [0.1, 0.15) is 36.8 Å². The van der Waals surface area contributed by atoms with Crippen molar-refractivity contribution in [3.05, 3.63) is 53.6 Å². The molecule has 23 heavy (non-hydrogen) atoms. The minimum absolute atomic E-state index is 0.323. The zero-order valence-electron chi connectivity index (χ0n) is 14.0. The molecule has 2 aromatic rings. The first kappa shape index (κ1) is 15.7. The zero-order chi connectivity index (χ0) is 16.1. The van der Waals surface area contributed by atoms with Gasteiger partial charge >= 0.3 is 0 Å². The first-order valence-electron chi connectivity index (χ1n) is 8.39. The smallest absolute Gasteiger partial charge is 0.166 e. The maximum atomic E-state index is 6.28. The van der Waals surface area contributed by atoms with E-state index in [1.165, 1.54) is 18.4 Å². The number of ether oxygens (including phenoxy) is 2. The third-order valence-electron chi connectivity index (χ3n) is 4.37. The highest BCUT2D eigenvalue weighted by Gasteiger charge is 2.20. The van der Waals surface area contributed by atoms with Crippen LogP contribution in [0.2, 0.25) is 0 Å². The lowest BCUT2D eigenvalue weighted by molar-refractivity contribution is 0.199. The van der Waals surface area contributed by atoms with Gasteiger partial charge < -0.3 is 14.8 Å². The van der Waals surface area contributed by atoms with Gasteiger partial charge in [0.2, 0.25) is 0 Å². The maximum Gasteiger partial charge on any atom is 0.166 e. The Morgan fingerprint density at radius 2 is 1.87 bits per heavy atom. The Morgan fingerprint density at radius 3 is 2.61 bits per heavy atom. The van der Waals surface area contributed by atoms with Crippen LogP contribution in [0.25, 0.3) is 0 Å². The highest BCUT2D eigenvalue weighted by molar-refractivity contribution is 5.51. The summed E-state index contributed by atoms with van der Waals surface area (Å²) < 4.78 is 11.8. The lowest BCUT2D eigenvalue weighted by Crippen LogP contribution is -2.14. The number of anilines is 1. The highest BCUT2D eigenvalue weighted by Crippen LogP contribution is 2.35. The molecule has 0 amide bonds. The topological polar surface area (TPSA) is 30.5 Å². The zero-order valence-corrected chi connectivity index (χ0v) is 14.0. The second-order valence-corrected chi connectivity index (χ2v) is 6.20. The van der Waals surface area contributed by atoms with Crippen molar-refractivity contribution in [3.63, 3.8) is 0 Å². The molecule has 0 saturated heterocycles. The molecule has 0 heterocycles. The molecule has 3 heteroatoms. The Kier molecular flexibility index (Phi) is 5.06. The van der Waals surface area contributed by atoms with Crippen molar-refractivity contribution in [2.75, 3.05) is 12.4 Å². The molecular weight excluding hydrogens is 286 g/mol. The number of nitrogens with one attached hydrogen (secondary N) is 1. The Labute approximate surface area is 138 Å². The van der Waals surface area contributed by atoms with Crippen molar-refractivity contribution in [1.29, 1.82) is 0 Å². The predicted molar refractivity (Wildman–Crippen MR) is 94.4 cm³/mol. The third kappa shape index (κ3) is 3.98. The molecule has 0 bridgehead atoms. The van der Waals surface area contributed by atoms with E-state index >= 15 is 0 Å². The van der Waals surface area contributed by atoms with Gasteiger partial charge in [-0.2, -0.15) is 0 Å². The van der Waals surface area contributed by atoms with E-state index in [1.807, 2.05) is 12.1 Å². The molecule has 0 aromatic heterocycles. The summed E-state index contributed by atoms with van der Waals surface area (Å²) in [7, 11) is 1.70. The molecule has 2 aromatic carbocycles. The second kappa shape index (κ2) is 7.40. The van der Waals surface area contributed by atoms with Crippen molar-refractivity contribution in [1.82, 2.24) is 0 Å². The number of rotatable bonds is 6. The Hall–Kier alpha value is -2.16. The van der Waals surface area contributed by atoms with Gasteiger partial charge in [0.1, 0.15) is 0 Å². The lowest BCUT2D eigenvalue weighted by Gasteiger charge is -2.19. The maximum absolute atomic E-state index is 6.28. The molecule has 1 fully saturated rings. The van der Waals surface area contributed by atoms with Crippen LogP contribution < -0.4 is 14.8 Å². The minimum atomic E-state index is 0.323. The van der Waals surface area contributed by atoms with Gasteiger partial charge in [-0.1, -0.05) is 24.3 Å². The highest BCUT2D eigenvalue weighted by atomic mass is 16.5. The van der Waals surface area contributed by atoms with Gasteiger partial charge in [0.15, 0.2) is 11.5 Å². The lowest BCUT2D eigenvalue weighted by atomic mass is 10.1. The summed E-state index contributed by atoms with van der Waals surface area (Å²) in [5.74, 6) is 1.71. The van der Waals surface area contributed by atoms with E-state index in [4.69, 9.17) is 9.47 Å². The van der Waals surface area contributed by atoms with Gasteiger partial charge in [0.05, 0.1) is 13.2 Å². The largest absolute Gasteiger partial charge is 0.493 e. The van der Waals surface area contributed by atoms with Crippen molar-refractivity contribution in [2.45, 2.75) is 45.3 Å². The molecule has 0 unspecified atom stereocenters. The summed E-state index contributed by atoms with van der Waals surface area (Å²) in [6, 6.07) is 14.5. The fraction of sp³-hybridized carbons (Fsp3) is 0.400. The van der Waals surface area contributed by atoms with E-state index in [2.05, 4.69) is 42.6 Å². The van der Waals surface area contributed by atoms with Crippen LogP contribution in [0.15, 0.2) is 42.5 Å². The molecule has 3 nitrogen and oxygen atoms in total. The fourth-order valence-corrected chi connectivity index (χ4v) is 3.12. The molecule has 0 atom stereocenters. The first-order valence-corrected chi connectivity index (χ1v) is 8.39. The molecule has 0 spiro atoms. The summed E-state index contributed by atoms with van der Waals surface area (Å²) >= 11 is 0. The van der Waals surface area contributed by atoms with Crippen LogP contribution in [0, 0.1) is 6.92 Å². The Morgan fingerprint density at radius 1 is 1.09 bits per heavy atom. The average molecular weight is 311 g/mol. The van der Waals surface area contributed by atoms with Crippen molar-refractivity contribution in [3.8, 4) is 11.5 Å². The van der Waals surface area contributed by atoms with E-state index in [1.54, 1.807) is 7.11 Å². The molecule has 1 saturated carbocycles. The molecular formula is C20H25NO2. The number of benzene rings is 2. The minimum Gasteiger partial charge on any atom is -0.493 e. The van der Waals surface area contributed by atoms with Gasteiger partial charge in [0, 0.05) is 17.8 Å².